The number of hydrogen-bond acceptors (Lipinski definition) is 5. The summed E-state index contributed by atoms with van der Waals surface area (Å²) < 4.78 is 0. The number of thioether (sulfide) groups is 1. The number of aliphatic carboxylic acids is 1. The van der Waals surface area contributed by atoms with Crippen molar-refractivity contribution in [3.8, 4) is 0 Å². The molecule has 3 unspecified atom stereocenters. The molecule has 0 saturated carbocycles. The van der Waals surface area contributed by atoms with E-state index < -0.39 is 29.0 Å². The maximum absolute atomic E-state index is 13.5. The lowest BCUT2D eigenvalue weighted by Crippen LogP contribution is -2.62. The van der Waals surface area contributed by atoms with Crippen LogP contribution in [-0.4, -0.2) is 71.5 Å². The first-order chi connectivity index (χ1) is 13.6. The van der Waals surface area contributed by atoms with Crippen LogP contribution in [0, 0.1) is 11.3 Å². The zero-order valence-electron chi connectivity index (χ0n) is 20.3. The number of amides is 2. The zero-order chi connectivity index (χ0) is 23.9. The van der Waals surface area contributed by atoms with E-state index in [0.29, 0.717) is 6.42 Å². The van der Waals surface area contributed by atoms with Crippen LogP contribution < -0.4 is 10.6 Å². The molecule has 0 aliphatic carbocycles. The van der Waals surface area contributed by atoms with Crippen molar-refractivity contribution >= 4 is 29.5 Å². The van der Waals surface area contributed by atoms with Gasteiger partial charge >= 0.3 is 5.97 Å². The molecule has 0 rings (SSSR count). The lowest BCUT2D eigenvalue weighted by atomic mass is 9.84. The smallest absolute Gasteiger partial charge is 0.331 e. The van der Waals surface area contributed by atoms with Crippen molar-refractivity contribution in [1.29, 1.82) is 0 Å². The van der Waals surface area contributed by atoms with E-state index in [1.54, 1.807) is 36.8 Å². The van der Waals surface area contributed by atoms with Gasteiger partial charge in [0, 0.05) is 12.6 Å². The van der Waals surface area contributed by atoms with E-state index in [1.165, 1.54) is 6.92 Å². The van der Waals surface area contributed by atoms with Crippen LogP contribution in [0.4, 0.5) is 0 Å². The van der Waals surface area contributed by atoms with Crippen LogP contribution in [0.5, 0.6) is 0 Å². The predicted octanol–water partition coefficient (Wildman–Crippen LogP) is 2.76. The molecule has 0 aromatic rings. The highest BCUT2D eigenvalue weighted by molar-refractivity contribution is 7.98. The average Bonchev–Trinajstić information content (AvgIpc) is 2.65. The number of nitrogens with one attached hydrogen (secondary N) is 2. The number of rotatable bonds is 11. The molecule has 0 aromatic carbocycles. The van der Waals surface area contributed by atoms with Crippen molar-refractivity contribution in [3.63, 3.8) is 0 Å². The molecule has 0 heterocycles. The predicted molar refractivity (Wildman–Crippen MR) is 125 cm³/mol. The van der Waals surface area contributed by atoms with Crippen LogP contribution in [0.15, 0.2) is 11.6 Å². The molecule has 8 heteroatoms. The first-order valence-corrected chi connectivity index (χ1v) is 11.7. The van der Waals surface area contributed by atoms with E-state index in [4.69, 9.17) is 0 Å². The number of carboxylic acids is 1. The van der Waals surface area contributed by atoms with Gasteiger partial charge in [-0.25, -0.2) is 4.79 Å². The number of likely N-dealkylation sites (N-methyl/N-ethyl adjacent to an activating group) is 2. The van der Waals surface area contributed by atoms with Gasteiger partial charge in [-0.1, -0.05) is 40.7 Å². The lowest BCUT2D eigenvalue weighted by molar-refractivity contribution is -0.141. The van der Waals surface area contributed by atoms with Crippen molar-refractivity contribution < 1.29 is 19.5 Å². The van der Waals surface area contributed by atoms with Crippen LogP contribution in [-0.2, 0) is 14.4 Å². The summed E-state index contributed by atoms with van der Waals surface area (Å²) >= 11 is 1.66. The number of carbonyl (C=O) groups excluding carboxylic acids is 2. The second kappa shape index (κ2) is 11.7. The van der Waals surface area contributed by atoms with Gasteiger partial charge in [-0.2, -0.15) is 11.8 Å². The van der Waals surface area contributed by atoms with Crippen LogP contribution in [0.25, 0.3) is 0 Å². The summed E-state index contributed by atoms with van der Waals surface area (Å²) in [4.78, 5) is 39.4. The van der Waals surface area contributed by atoms with Crippen molar-refractivity contribution in [2.24, 2.45) is 11.3 Å². The maximum Gasteiger partial charge on any atom is 0.331 e. The fraction of sp³-hybridized carbons (Fsp3) is 0.773. The third-order valence-electron chi connectivity index (χ3n) is 5.48. The SMILES string of the molecule is CNC(C)(CCSC)C(=O)NC(C(=O)N(C)C(/C=C(\C)C(=O)O)C(C)C)C(C)(C)C. The molecule has 2 amide bonds. The molecule has 0 radical (unpaired) electrons. The Morgan fingerprint density at radius 1 is 1.17 bits per heavy atom. The number of carboxylic acid groups (broad SMARTS) is 1. The van der Waals surface area contributed by atoms with Crippen molar-refractivity contribution in [3.05, 3.63) is 11.6 Å². The highest BCUT2D eigenvalue weighted by Gasteiger charge is 2.40. The fourth-order valence-corrected chi connectivity index (χ4v) is 3.64. The molecule has 0 fully saturated rings. The van der Waals surface area contributed by atoms with Gasteiger partial charge in [0.15, 0.2) is 0 Å². The van der Waals surface area contributed by atoms with E-state index >= 15 is 0 Å². The molecule has 0 bridgehead atoms. The molecule has 0 saturated heterocycles. The minimum atomic E-state index is -1.01. The molecule has 7 nitrogen and oxygen atoms in total. The van der Waals surface area contributed by atoms with E-state index in [0.717, 1.165) is 5.75 Å². The Hall–Kier alpha value is -1.54. The molecule has 3 atom stereocenters. The molecule has 0 aromatic heterocycles. The van der Waals surface area contributed by atoms with Gasteiger partial charge < -0.3 is 20.6 Å². The van der Waals surface area contributed by atoms with Crippen molar-refractivity contribution in [2.45, 2.75) is 72.5 Å². The molecule has 174 valence electrons. The van der Waals surface area contributed by atoms with Crippen LogP contribution in [0.2, 0.25) is 0 Å². The Labute approximate surface area is 186 Å². The standard InChI is InChI=1S/C22H41N3O4S/c1-14(2)16(13-15(3)19(27)28)25(9)18(26)17(21(4,5)6)24-20(29)22(7,23-8)11-12-30-10/h13-14,16-17,23H,11-12H2,1-10H3,(H,24,29)(H,27,28)/b15-13+. The zero-order valence-corrected chi connectivity index (χ0v) is 21.1. The summed E-state index contributed by atoms with van der Waals surface area (Å²) in [6, 6.07) is -1.15. The second-order valence-corrected chi connectivity index (χ2v) is 10.4. The van der Waals surface area contributed by atoms with Crippen molar-refractivity contribution in [2.75, 3.05) is 26.1 Å². The first-order valence-electron chi connectivity index (χ1n) is 10.3. The summed E-state index contributed by atoms with van der Waals surface area (Å²) in [5.41, 5.74) is -1.13. The average molecular weight is 444 g/mol. The summed E-state index contributed by atoms with van der Waals surface area (Å²) in [5, 5.41) is 15.3. The summed E-state index contributed by atoms with van der Waals surface area (Å²) in [5.74, 6) is -0.658. The van der Waals surface area contributed by atoms with Crippen LogP contribution in [0.3, 0.4) is 0 Å². The normalized spacial score (nSPS) is 16.6. The Balaban J connectivity index is 5.87. The van der Waals surface area contributed by atoms with E-state index in [9.17, 15) is 19.5 Å². The van der Waals surface area contributed by atoms with Gasteiger partial charge in [0.25, 0.3) is 0 Å². The van der Waals surface area contributed by atoms with Gasteiger partial charge in [0.1, 0.15) is 6.04 Å². The highest BCUT2D eigenvalue weighted by atomic mass is 32.2. The largest absolute Gasteiger partial charge is 0.478 e. The quantitative estimate of drug-likeness (QED) is 0.425. The van der Waals surface area contributed by atoms with Gasteiger partial charge in [0.05, 0.1) is 11.6 Å². The molecule has 0 spiro atoms. The minimum absolute atomic E-state index is 0.00808. The van der Waals surface area contributed by atoms with E-state index in [1.807, 2.05) is 47.8 Å². The lowest BCUT2D eigenvalue weighted by Gasteiger charge is -2.39. The summed E-state index contributed by atoms with van der Waals surface area (Å²) in [7, 11) is 3.41. The minimum Gasteiger partial charge on any atom is -0.478 e. The number of hydrogen-bond donors (Lipinski definition) is 3. The topological polar surface area (TPSA) is 98.7 Å². The van der Waals surface area contributed by atoms with Crippen LogP contribution in [0.1, 0.15) is 54.9 Å². The number of carbonyl (C=O) groups is 3. The molecule has 3 N–H and O–H groups in total. The second-order valence-electron chi connectivity index (χ2n) is 9.44. The Morgan fingerprint density at radius 3 is 2.07 bits per heavy atom. The van der Waals surface area contributed by atoms with Gasteiger partial charge in [-0.3, -0.25) is 9.59 Å². The van der Waals surface area contributed by atoms with Crippen molar-refractivity contribution in [1.82, 2.24) is 15.5 Å². The Morgan fingerprint density at radius 2 is 1.70 bits per heavy atom. The highest BCUT2D eigenvalue weighted by Crippen LogP contribution is 2.25. The molecular formula is C22H41N3O4S. The summed E-state index contributed by atoms with van der Waals surface area (Å²) in [6.07, 6.45) is 4.22. The first kappa shape index (κ1) is 28.5. The third-order valence-corrected chi connectivity index (χ3v) is 6.10. The van der Waals surface area contributed by atoms with E-state index in [-0.39, 0.29) is 23.3 Å². The molecule has 30 heavy (non-hydrogen) atoms. The van der Waals surface area contributed by atoms with E-state index in [2.05, 4.69) is 10.6 Å². The van der Waals surface area contributed by atoms with Gasteiger partial charge in [-0.15, -0.1) is 0 Å². The Bertz CT molecular complexity index is 643. The molecule has 0 aliphatic heterocycles. The number of nitrogens with zero attached hydrogens (tertiary/aromatic N) is 1. The monoisotopic (exact) mass is 443 g/mol. The molecule has 0 aliphatic rings. The fourth-order valence-electron chi connectivity index (χ4n) is 3.03. The van der Waals surface area contributed by atoms with Crippen LogP contribution >= 0.6 is 11.8 Å². The van der Waals surface area contributed by atoms with Gasteiger partial charge in [0.2, 0.25) is 11.8 Å². The summed E-state index contributed by atoms with van der Waals surface area (Å²) in [6.45, 7) is 12.9. The molecular weight excluding hydrogens is 402 g/mol. The maximum atomic E-state index is 13.5. The Kier molecular flexibility index (Phi) is 11.1. The van der Waals surface area contributed by atoms with Gasteiger partial charge in [-0.05, 0) is 50.7 Å². The third kappa shape index (κ3) is 7.95.